The van der Waals surface area contributed by atoms with Gasteiger partial charge in [0, 0.05) is 46.3 Å². The van der Waals surface area contributed by atoms with Gasteiger partial charge in [-0.1, -0.05) is 39.9 Å². The SMILES string of the molecule is C[C@H]1CCCCN1C(=O)Cn1cc(/C=C2\SC(=S)N(C[C@@H]3CCCO3)C2=O)c2cc(Br)ccc21. The van der Waals surface area contributed by atoms with Crippen molar-refractivity contribution in [3.8, 4) is 0 Å². The maximum absolute atomic E-state index is 13.2. The van der Waals surface area contributed by atoms with Crippen molar-refractivity contribution in [3.05, 3.63) is 39.3 Å². The number of likely N-dealkylation sites (tertiary alicyclic amines) is 1. The summed E-state index contributed by atoms with van der Waals surface area (Å²) >= 11 is 10.4. The molecule has 1 aromatic carbocycles. The van der Waals surface area contributed by atoms with E-state index in [1.54, 1.807) is 4.90 Å². The number of nitrogens with zero attached hydrogens (tertiary/aromatic N) is 3. The van der Waals surface area contributed by atoms with E-state index in [-0.39, 0.29) is 30.5 Å². The Morgan fingerprint density at radius 3 is 2.91 bits per heavy atom. The van der Waals surface area contributed by atoms with Gasteiger partial charge in [-0.05, 0) is 63.3 Å². The van der Waals surface area contributed by atoms with E-state index >= 15 is 0 Å². The average Bonchev–Trinajstić information content (AvgIpc) is 3.50. The van der Waals surface area contributed by atoms with Crippen molar-refractivity contribution in [2.75, 3.05) is 19.7 Å². The fraction of sp³-hybridized carbons (Fsp3) is 0.480. The monoisotopic (exact) mass is 561 g/mol. The van der Waals surface area contributed by atoms with Crippen molar-refractivity contribution in [1.82, 2.24) is 14.4 Å². The van der Waals surface area contributed by atoms with Gasteiger partial charge in [-0.15, -0.1) is 0 Å². The number of rotatable bonds is 5. The van der Waals surface area contributed by atoms with Crippen molar-refractivity contribution in [2.24, 2.45) is 0 Å². The molecule has 3 aliphatic heterocycles. The smallest absolute Gasteiger partial charge is 0.266 e. The number of aromatic nitrogens is 1. The zero-order chi connectivity index (χ0) is 23.8. The van der Waals surface area contributed by atoms with E-state index in [1.165, 1.54) is 18.2 Å². The topological polar surface area (TPSA) is 54.8 Å². The number of fused-ring (bicyclic) bond motifs is 1. The van der Waals surface area contributed by atoms with E-state index in [2.05, 4.69) is 22.9 Å². The summed E-state index contributed by atoms with van der Waals surface area (Å²) in [6.45, 7) is 4.50. The van der Waals surface area contributed by atoms with Gasteiger partial charge >= 0.3 is 0 Å². The fourth-order valence-corrected chi connectivity index (χ4v) is 6.67. The van der Waals surface area contributed by atoms with E-state index in [1.807, 2.05) is 39.9 Å². The quantitative estimate of drug-likeness (QED) is 0.371. The second kappa shape index (κ2) is 10.1. The minimum absolute atomic E-state index is 0.0583. The number of benzene rings is 1. The van der Waals surface area contributed by atoms with Crippen molar-refractivity contribution >= 4 is 73.0 Å². The zero-order valence-corrected chi connectivity index (χ0v) is 22.4. The number of ether oxygens (including phenoxy) is 1. The van der Waals surface area contributed by atoms with Crippen LogP contribution >= 0.6 is 39.9 Å². The lowest BCUT2D eigenvalue weighted by Crippen LogP contribution is -2.43. The van der Waals surface area contributed by atoms with Gasteiger partial charge in [0.2, 0.25) is 5.91 Å². The van der Waals surface area contributed by atoms with Crippen LogP contribution < -0.4 is 0 Å². The highest BCUT2D eigenvalue weighted by molar-refractivity contribution is 9.10. The van der Waals surface area contributed by atoms with E-state index < -0.39 is 0 Å². The summed E-state index contributed by atoms with van der Waals surface area (Å²) in [6.07, 6.45) is 9.24. The molecule has 3 fully saturated rings. The van der Waals surface area contributed by atoms with Gasteiger partial charge in [0.05, 0.1) is 17.6 Å². The number of piperidine rings is 1. The third kappa shape index (κ3) is 4.85. The Morgan fingerprint density at radius 2 is 2.15 bits per heavy atom. The second-order valence-electron chi connectivity index (χ2n) is 9.23. The van der Waals surface area contributed by atoms with Crippen LogP contribution in [0.3, 0.4) is 0 Å². The first kappa shape index (κ1) is 24.0. The number of halogens is 1. The van der Waals surface area contributed by atoms with E-state index in [0.29, 0.717) is 15.8 Å². The third-order valence-electron chi connectivity index (χ3n) is 6.87. The molecular formula is C25H28BrN3O3S2. The average molecular weight is 563 g/mol. The van der Waals surface area contributed by atoms with Crippen molar-refractivity contribution in [2.45, 2.75) is 57.7 Å². The molecule has 0 bridgehead atoms. The summed E-state index contributed by atoms with van der Waals surface area (Å²) in [4.78, 5) is 30.6. The predicted molar refractivity (Wildman–Crippen MR) is 144 cm³/mol. The van der Waals surface area contributed by atoms with Crippen LogP contribution in [-0.4, -0.2) is 62.3 Å². The van der Waals surface area contributed by atoms with Gasteiger partial charge in [-0.2, -0.15) is 0 Å². The summed E-state index contributed by atoms with van der Waals surface area (Å²) in [6, 6.07) is 6.32. The Bertz CT molecular complexity index is 1170. The molecule has 2 aromatic rings. The van der Waals surface area contributed by atoms with Crippen LogP contribution in [0.4, 0.5) is 0 Å². The van der Waals surface area contributed by atoms with Gasteiger partial charge < -0.3 is 14.2 Å². The molecule has 34 heavy (non-hydrogen) atoms. The Balaban J connectivity index is 1.42. The van der Waals surface area contributed by atoms with E-state index in [4.69, 9.17) is 17.0 Å². The first-order valence-electron chi connectivity index (χ1n) is 11.9. The van der Waals surface area contributed by atoms with E-state index in [0.717, 1.165) is 59.8 Å². The molecule has 1 aromatic heterocycles. The Hall–Kier alpha value is -1.68. The maximum atomic E-state index is 13.2. The summed E-state index contributed by atoms with van der Waals surface area (Å²) in [5, 5.41) is 0.998. The van der Waals surface area contributed by atoms with Crippen LogP contribution in [0.5, 0.6) is 0 Å². The molecular weight excluding hydrogens is 534 g/mol. The predicted octanol–water partition coefficient (Wildman–Crippen LogP) is 5.19. The maximum Gasteiger partial charge on any atom is 0.266 e. The molecule has 9 heteroatoms. The summed E-state index contributed by atoms with van der Waals surface area (Å²) in [5.74, 6) is 0.0704. The fourth-order valence-electron chi connectivity index (χ4n) is 5.04. The highest BCUT2D eigenvalue weighted by Gasteiger charge is 2.35. The standard InChI is InChI=1S/C25H28BrN3O3S2/c1-16-5-2-3-9-28(16)23(30)15-27-13-17(20-12-18(26)7-8-21(20)27)11-22-24(31)29(25(33)34-22)14-19-6-4-10-32-19/h7-8,11-13,16,19H,2-6,9-10,14-15H2,1H3/b22-11-/t16-,19-/m0/s1. The Labute approximate surface area is 217 Å². The number of thioether (sulfide) groups is 1. The molecule has 0 spiro atoms. The Kier molecular flexibility index (Phi) is 7.16. The first-order chi connectivity index (χ1) is 16.4. The van der Waals surface area contributed by atoms with Gasteiger partial charge in [-0.3, -0.25) is 14.5 Å². The summed E-state index contributed by atoms with van der Waals surface area (Å²) in [7, 11) is 0. The lowest BCUT2D eigenvalue weighted by molar-refractivity contribution is -0.135. The molecule has 2 atom stereocenters. The summed E-state index contributed by atoms with van der Waals surface area (Å²) < 4.78 is 9.24. The normalized spacial score (nSPS) is 24.7. The number of thiocarbonyl (C=S) groups is 1. The molecule has 4 heterocycles. The molecule has 6 nitrogen and oxygen atoms in total. The van der Waals surface area contributed by atoms with Crippen LogP contribution in [0, 0.1) is 0 Å². The third-order valence-corrected chi connectivity index (χ3v) is 8.74. The molecule has 0 saturated carbocycles. The Morgan fingerprint density at radius 1 is 1.29 bits per heavy atom. The minimum Gasteiger partial charge on any atom is -0.376 e. The van der Waals surface area contributed by atoms with Crippen LogP contribution in [0.25, 0.3) is 17.0 Å². The van der Waals surface area contributed by atoms with Crippen molar-refractivity contribution in [3.63, 3.8) is 0 Å². The highest BCUT2D eigenvalue weighted by atomic mass is 79.9. The molecule has 3 aliphatic rings. The summed E-state index contributed by atoms with van der Waals surface area (Å²) in [5.41, 5.74) is 1.88. The molecule has 0 radical (unpaired) electrons. The van der Waals surface area contributed by atoms with Crippen LogP contribution in [0.1, 0.15) is 44.6 Å². The molecule has 180 valence electrons. The lowest BCUT2D eigenvalue weighted by atomic mass is 10.0. The first-order valence-corrected chi connectivity index (χ1v) is 13.9. The number of hydrogen-bond donors (Lipinski definition) is 0. The zero-order valence-electron chi connectivity index (χ0n) is 19.2. The molecule has 0 N–H and O–H groups in total. The molecule has 0 unspecified atom stereocenters. The van der Waals surface area contributed by atoms with Gasteiger partial charge in [0.15, 0.2) is 0 Å². The molecule has 2 amide bonds. The van der Waals surface area contributed by atoms with Gasteiger partial charge in [0.1, 0.15) is 10.9 Å². The number of carbonyl (C=O) groups excluding carboxylic acids is 2. The van der Waals surface area contributed by atoms with Crippen LogP contribution in [0.15, 0.2) is 33.8 Å². The highest BCUT2D eigenvalue weighted by Crippen LogP contribution is 2.36. The van der Waals surface area contributed by atoms with Gasteiger partial charge in [0.25, 0.3) is 5.91 Å². The lowest BCUT2D eigenvalue weighted by Gasteiger charge is -2.33. The van der Waals surface area contributed by atoms with Crippen molar-refractivity contribution < 1.29 is 14.3 Å². The van der Waals surface area contributed by atoms with Crippen molar-refractivity contribution in [1.29, 1.82) is 0 Å². The molecule has 0 aliphatic carbocycles. The van der Waals surface area contributed by atoms with Gasteiger partial charge in [-0.25, -0.2) is 0 Å². The molecule has 3 saturated heterocycles. The molecule has 5 rings (SSSR count). The number of amides is 2. The van der Waals surface area contributed by atoms with Crippen LogP contribution in [0.2, 0.25) is 0 Å². The van der Waals surface area contributed by atoms with E-state index in [9.17, 15) is 9.59 Å². The largest absolute Gasteiger partial charge is 0.376 e. The van der Waals surface area contributed by atoms with Crippen LogP contribution in [-0.2, 0) is 20.9 Å². The minimum atomic E-state index is -0.0698. The number of hydrogen-bond acceptors (Lipinski definition) is 5. The number of carbonyl (C=O) groups is 2. The second-order valence-corrected chi connectivity index (χ2v) is 11.8.